The Labute approximate surface area is 306 Å². The fourth-order valence-electron chi connectivity index (χ4n) is 6.90. The lowest BCUT2D eigenvalue weighted by Gasteiger charge is -2.28. The number of ether oxygens (including phenoxy) is 1. The van der Waals surface area contributed by atoms with Gasteiger partial charge in [0, 0.05) is 26.1 Å². The summed E-state index contributed by atoms with van der Waals surface area (Å²) in [5, 5.41) is 20.6. The Morgan fingerprint density at radius 1 is 0.490 bits per heavy atom. The van der Waals surface area contributed by atoms with E-state index in [0.29, 0.717) is 13.0 Å². The van der Waals surface area contributed by atoms with Crippen molar-refractivity contribution in [1.29, 1.82) is 0 Å². The van der Waals surface area contributed by atoms with E-state index in [1.807, 2.05) is 0 Å². The van der Waals surface area contributed by atoms with Gasteiger partial charge in [-0.3, -0.25) is 9.69 Å². The molecule has 0 aromatic carbocycles. The minimum Gasteiger partial charge on any atom is -0.466 e. The summed E-state index contributed by atoms with van der Waals surface area (Å²) in [6, 6.07) is 0. The molecule has 294 valence electrons. The van der Waals surface area contributed by atoms with Gasteiger partial charge in [-0.25, -0.2) is 0 Å². The van der Waals surface area contributed by atoms with Crippen molar-refractivity contribution in [3.8, 4) is 0 Å². The molecule has 1 atom stereocenters. The van der Waals surface area contributed by atoms with Crippen molar-refractivity contribution in [2.24, 2.45) is 0 Å². The molecule has 0 aliphatic rings. The van der Waals surface area contributed by atoms with E-state index in [2.05, 4.69) is 30.6 Å². The summed E-state index contributed by atoms with van der Waals surface area (Å²) in [4.78, 5) is 16.8. The third-order valence-electron chi connectivity index (χ3n) is 10.2. The predicted molar refractivity (Wildman–Crippen MR) is 212 cm³/mol. The summed E-state index contributed by atoms with van der Waals surface area (Å²) < 4.78 is 5.41. The molecule has 0 spiro atoms. The smallest absolute Gasteiger partial charge is 0.305 e. The molecule has 0 amide bonds. The van der Waals surface area contributed by atoms with Crippen LogP contribution < -0.4 is 0 Å². The number of nitrogens with zero attached hydrogens (tertiary/aromatic N) is 2. The summed E-state index contributed by atoms with van der Waals surface area (Å²) in [6.45, 7) is 12.6. The van der Waals surface area contributed by atoms with E-state index < -0.39 is 0 Å². The lowest BCUT2D eigenvalue weighted by atomic mass is 10.1. The van der Waals surface area contributed by atoms with Crippen LogP contribution in [0.1, 0.15) is 220 Å². The first-order valence-corrected chi connectivity index (χ1v) is 22.0. The van der Waals surface area contributed by atoms with Crippen LogP contribution in [-0.4, -0.2) is 78.1 Å². The molecular formula is C43H88N2O4. The number of aliphatic hydroxyl groups excluding tert-OH is 2. The quantitative estimate of drug-likeness (QED) is 0.0376. The maximum atomic E-state index is 12.0. The summed E-state index contributed by atoms with van der Waals surface area (Å²) in [7, 11) is 0. The highest BCUT2D eigenvalue weighted by Gasteiger charge is 2.15. The molecule has 0 heterocycles. The number of hydrogen-bond donors (Lipinski definition) is 2. The molecule has 0 aliphatic carbocycles. The SMILES string of the molecule is CCCCCCCCCOC(=O)CCCCCCCN(CCO)CCCCCCCC(O)N(CCCCCCCC)CCCCCCCC. The highest BCUT2D eigenvalue weighted by atomic mass is 16.5. The Kier molecular flexibility index (Phi) is 39.5. The largest absolute Gasteiger partial charge is 0.466 e. The van der Waals surface area contributed by atoms with Gasteiger partial charge in [-0.15, -0.1) is 0 Å². The fraction of sp³-hybridized carbons (Fsp3) is 0.977. The molecule has 1 unspecified atom stereocenters. The summed E-state index contributed by atoms with van der Waals surface area (Å²) in [6.07, 6.45) is 37.1. The lowest BCUT2D eigenvalue weighted by Crippen LogP contribution is -2.36. The van der Waals surface area contributed by atoms with Crippen LogP contribution >= 0.6 is 0 Å². The van der Waals surface area contributed by atoms with Gasteiger partial charge in [-0.05, 0) is 64.5 Å². The molecule has 0 rings (SSSR count). The minimum absolute atomic E-state index is 0.0229. The van der Waals surface area contributed by atoms with E-state index in [9.17, 15) is 15.0 Å². The Morgan fingerprint density at radius 3 is 1.35 bits per heavy atom. The second-order valence-electron chi connectivity index (χ2n) is 15.0. The first kappa shape index (κ1) is 48.3. The van der Waals surface area contributed by atoms with Crippen LogP contribution in [0.2, 0.25) is 0 Å². The van der Waals surface area contributed by atoms with Gasteiger partial charge in [0.05, 0.1) is 13.2 Å². The van der Waals surface area contributed by atoms with Crippen molar-refractivity contribution in [2.75, 3.05) is 45.9 Å². The average Bonchev–Trinajstić information content (AvgIpc) is 3.10. The molecular weight excluding hydrogens is 608 g/mol. The number of rotatable bonds is 41. The first-order chi connectivity index (χ1) is 24.1. The van der Waals surface area contributed by atoms with Crippen LogP contribution in [-0.2, 0) is 9.53 Å². The number of carbonyl (C=O) groups is 1. The Morgan fingerprint density at radius 2 is 0.878 bits per heavy atom. The average molecular weight is 697 g/mol. The van der Waals surface area contributed by atoms with Gasteiger partial charge in [0.25, 0.3) is 0 Å². The number of carbonyl (C=O) groups excluding carboxylic acids is 1. The van der Waals surface area contributed by atoms with Gasteiger partial charge in [0.2, 0.25) is 0 Å². The third-order valence-corrected chi connectivity index (χ3v) is 10.2. The van der Waals surface area contributed by atoms with E-state index in [1.54, 1.807) is 0 Å². The Hall–Kier alpha value is -0.690. The van der Waals surface area contributed by atoms with Crippen LogP contribution in [0.15, 0.2) is 0 Å². The zero-order chi connectivity index (χ0) is 35.9. The normalized spacial score (nSPS) is 12.4. The van der Waals surface area contributed by atoms with E-state index in [0.717, 1.165) is 71.2 Å². The van der Waals surface area contributed by atoms with Gasteiger partial charge in [-0.1, -0.05) is 162 Å². The van der Waals surface area contributed by atoms with E-state index in [-0.39, 0.29) is 18.8 Å². The molecule has 2 N–H and O–H groups in total. The van der Waals surface area contributed by atoms with Crippen molar-refractivity contribution >= 4 is 5.97 Å². The maximum Gasteiger partial charge on any atom is 0.305 e. The standard InChI is InChI=1S/C43H88N2O4/c1-4-7-10-13-16-25-32-41-49-43(48)34-27-20-18-22-29-36-44(39-40-46)35-28-21-17-19-26-33-42(47)45(37-30-23-14-11-8-5-2)38-31-24-15-12-9-6-3/h42,46-47H,4-41H2,1-3H3. The monoisotopic (exact) mass is 697 g/mol. The highest BCUT2D eigenvalue weighted by Crippen LogP contribution is 2.15. The third kappa shape index (κ3) is 35.5. The molecule has 49 heavy (non-hydrogen) atoms. The number of hydrogen-bond acceptors (Lipinski definition) is 6. The Balaban J connectivity index is 3.96. The van der Waals surface area contributed by atoms with Crippen molar-refractivity contribution in [2.45, 2.75) is 226 Å². The van der Waals surface area contributed by atoms with Crippen molar-refractivity contribution in [3.63, 3.8) is 0 Å². The first-order valence-electron chi connectivity index (χ1n) is 22.0. The second-order valence-corrected chi connectivity index (χ2v) is 15.0. The molecule has 0 aromatic rings. The van der Waals surface area contributed by atoms with Crippen LogP contribution in [0.25, 0.3) is 0 Å². The molecule has 0 saturated carbocycles. The van der Waals surface area contributed by atoms with Crippen LogP contribution in [0, 0.1) is 0 Å². The molecule has 0 radical (unpaired) electrons. The van der Waals surface area contributed by atoms with Crippen molar-refractivity contribution in [1.82, 2.24) is 9.80 Å². The van der Waals surface area contributed by atoms with E-state index >= 15 is 0 Å². The van der Waals surface area contributed by atoms with Gasteiger partial charge in [0.1, 0.15) is 6.23 Å². The molecule has 0 aliphatic heterocycles. The van der Waals surface area contributed by atoms with Gasteiger partial charge in [-0.2, -0.15) is 0 Å². The number of unbranched alkanes of at least 4 members (excludes halogenated alkanes) is 24. The summed E-state index contributed by atoms with van der Waals surface area (Å²) in [5.41, 5.74) is 0. The molecule has 0 bridgehead atoms. The van der Waals surface area contributed by atoms with Crippen LogP contribution in [0.4, 0.5) is 0 Å². The van der Waals surface area contributed by atoms with Crippen LogP contribution in [0.5, 0.6) is 0 Å². The fourth-order valence-corrected chi connectivity index (χ4v) is 6.90. The van der Waals surface area contributed by atoms with Gasteiger partial charge < -0.3 is 19.8 Å². The van der Waals surface area contributed by atoms with E-state index in [1.165, 1.54) is 154 Å². The van der Waals surface area contributed by atoms with Crippen molar-refractivity contribution in [3.05, 3.63) is 0 Å². The van der Waals surface area contributed by atoms with Gasteiger partial charge in [0.15, 0.2) is 0 Å². The van der Waals surface area contributed by atoms with Crippen LogP contribution in [0.3, 0.4) is 0 Å². The Bertz CT molecular complexity index is 633. The topological polar surface area (TPSA) is 73.2 Å². The highest BCUT2D eigenvalue weighted by molar-refractivity contribution is 5.69. The maximum absolute atomic E-state index is 12.0. The lowest BCUT2D eigenvalue weighted by molar-refractivity contribution is -0.143. The van der Waals surface area contributed by atoms with Gasteiger partial charge >= 0.3 is 5.97 Å². The molecule has 0 saturated heterocycles. The molecule has 0 fully saturated rings. The zero-order valence-corrected chi connectivity index (χ0v) is 33.6. The van der Waals surface area contributed by atoms with Crippen molar-refractivity contribution < 1.29 is 19.7 Å². The van der Waals surface area contributed by atoms with E-state index in [4.69, 9.17) is 4.74 Å². The number of esters is 1. The summed E-state index contributed by atoms with van der Waals surface area (Å²) in [5.74, 6) is -0.0229. The molecule has 6 heteroatoms. The predicted octanol–water partition coefficient (Wildman–Crippen LogP) is 11.6. The second kappa shape index (κ2) is 40.1. The zero-order valence-electron chi connectivity index (χ0n) is 33.6. The minimum atomic E-state index is -0.278. The molecule has 6 nitrogen and oxygen atoms in total. The number of aliphatic hydroxyl groups is 2. The molecule has 0 aromatic heterocycles. The summed E-state index contributed by atoms with van der Waals surface area (Å²) >= 11 is 0.